The fraction of sp³-hybridized carbons (Fsp3) is 0.385. The molecule has 2 fully saturated rings. The predicted molar refractivity (Wildman–Crippen MR) is 190 cm³/mol. The SMILES string of the molecule is COc1cccc(C2(Cc3ncc(-c4nnc(C(F)F)o4)cn3)CCC2)c1.COc1cccc(C2(Cc3ncc(C(=O)CNC(=O)C(F)F)cn3)CCC2)c1. The van der Waals surface area contributed by atoms with Gasteiger partial charge in [-0.2, -0.15) is 17.6 Å². The third kappa shape index (κ3) is 9.12. The van der Waals surface area contributed by atoms with Crippen molar-refractivity contribution in [1.29, 1.82) is 0 Å². The van der Waals surface area contributed by atoms with E-state index in [9.17, 15) is 27.2 Å². The molecule has 7 rings (SSSR count). The summed E-state index contributed by atoms with van der Waals surface area (Å²) in [6.07, 6.45) is 7.64. The quantitative estimate of drug-likeness (QED) is 0.0933. The van der Waals surface area contributed by atoms with E-state index in [1.807, 2.05) is 35.6 Å². The second-order valence-electron chi connectivity index (χ2n) is 13.5. The van der Waals surface area contributed by atoms with Crippen LogP contribution in [-0.2, 0) is 28.5 Å². The van der Waals surface area contributed by atoms with Crippen LogP contribution in [0.25, 0.3) is 11.5 Å². The minimum absolute atomic E-state index is 0.00336. The Balaban J connectivity index is 0.000000187. The molecular weight excluding hydrogens is 722 g/mol. The minimum atomic E-state index is -3.15. The number of nitrogens with one attached hydrogen (secondary N) is 1. The molecule has 3 heterocycles. The maximum atomic E-state index is 12.6. The van der Waals surface area contributed by atoms with Gasteiger partial charge in [-0.1, -0.05) is 37.1 Å². The number of amides is 1. The van der Waals surface area contributed by atoms with Crippen molar-refractivity contribution in [2.45, 2.75) is 75.0 Å². The zero-order chi connectivity index (χ0) is 39.0. The van der Waals surface area contributed by atoms with Gasteiger partial charge in [0.2, 0.25) is 0 Å². The smallest absolute Gasteiger partial charge is 0.315 e. The fourth-order valence-corrected chi connectivity index (χ4v) is 6.79. The normalized spacial score (nSPS) is 15.3. The van der Waals surface area contributed by atoms with E-state index < -0.39 is 37.0 Å². The number of benzene rings is 2. The molecule has 16 heteroatoms. The molecule has 1 N–H and O–H groups in total. The molecule has 0 saturated heterocycles. The van der Waals surface area contributed by atoms with Crippen molar-refractivity contribution in [2.75, 3.05) is 20.8 Å². The maximum Gasteiger partial charge on any atom is 0.315 e. The monoisotopic (exact) mass is 761 g/mol. The predicted octanol–water partition coefficient (Wildman–Crippen LogP) is 6.85. The first-order valence-corrected chi connectivity index (χ1v) is 17.6. The Morgan fingerprint density at radius 2 is 1.27 bits per heavy atom. The molecule has 0 aliphatic heterocycles. The number of rotatable bonds is 14. The van der Waals surface area contributed by atoms with Crippen molar-refractivity contribution in [1.82, 2.24) is 35.5 Å². The molecule has 0 bridgehead atoms. The van der Waals surface area contributed by atoms with Gasteiger partial charge >= 0.3 is 12.9 Å². The number of ketones is 1. The molecule has 0 radical (unpaired) electrons. The molecule has 12 nitrogen and oxygen atoms in total. The van der Waals surface area contributed by atoms with E-state index in [1.54, 1.807) is 14.2 Å². The van der Waals surface area contributed by atoms with Crippen LogP contribution in [0.4, 0.5) is 17.6 Å². The van der Waals surface area contributed by atoms with E-state index in [0.717, 1.165) is 50.0 Å². The van der Waals surface area contributed by atoms with Crippen LogP contribution in [0.3, 0.4) is 0 Å². The zero-order valence-corrected chi connectivity index (χ0v) is 30.2. The van der Waals surface area contributed by atoms with Crippen LogP contribution in [0.2, 0.25) is 0 Å². The first kappa shape index (κ1) is 38.9. The Morgan fingerprint density at radius 1 is 0.764 bits per heavy atom. The zero-order valence-electron chi connectivity index (χ0n) is 30.2. The molecule has 0 atom stereocenters. The number of ether oxygens (including phenoxy) is 2. The highest BCUT2D eigenvalue weighted by molar-refractivity contribution is 5.99. The summed E-state index contributed by atoms with van der Waals surface area (Å²) in [5, 5.41) is 8.81. The van der Waals surface area contributed by atoms with Gasteiger partial charge in [-0.25, -0.2) is 19.9 Å². The lowest BCUT2D eigenvalue weighted by Crippen LogP contribution is -2.37. The molecule has 2 aliphatic carbocycles. The van der Waals surface area contributed by atoms with E-state index in [0.29, 0.717) is 30.1 Å². The highest BCUT2D eigenvalue weighted by Gasteiger charge is 2.41. The first-order valence-electron chi connectivity index (χ1n) is 17.6. The Labute approximate surface area is 314 Å². The van der Waals surface area contributed by atoms with Crippen LogP contribution in [0.1, 0.15) is 84.0 Å². The number of alkyl halides is 4. The van der Waals surface area contributed by atoms with Crippen LogP contribution in [0.15, 0.2) is 77.7 Å². The molecule has 288 valence electrons. The van der Waals surface area contributed by atoms with Crippen molar-refractivity contribution < 1.29 is 41.0 Å². The van der Waals surface area contributed by atoms with Crippen LogP contribution in [0.5, 0.6) is 11.5 Å². The molecule has 0 unspecified atom stereocenters. The topological polar surface area (TPSA) is 155 Å². The molecule has 3 aromatic heterocycles. The number of halogens is 4. The van der Waals surface area contributed by atoms with Crippen LogP contribution in [0, 0.1) is 0 Å². The standard InChI is InChI=1S/C20H21F2N3O3.C19H18F2N4O2/c1-28-15-5-2-4-14(8-15)20(6-3-7-20)9-17-23-10-13(11-24-17)16(26)12-25-19(27)18(21)22;1-26-14-5-2-4-13(8-14)19(6-3-7-19)9-15-22-10-12(11-23-15)17-24-25-18(27-17)16(20)21/h2,4-5,8,10-11,18H,3,6-7,9,12H2,1H3,(H,25,27);2,4-5,8,10-11,16H,3,6-7,9H2,1H3. The summed E-state index contributed by atoms with van der Waals surface area (Å²) >= 11 is 0. The molecule has 2 aliphatic rings. The first-order chi connectivity index (χ1) is 26.5. The van der Waals surface area contributed by atoms with Crippen LogP contribution >= 0.6 is 0 Å². The second kappa shape index (κ2) is 17.1. The number of carbonyl (C=O) groups excluding carboxylic acids is 2. The van der Waals surface area contributed by atoms with Crippen molar-refractivity contribution in [2.24, 2.45) is 0 Å². The Kier molecular flexibility index (Phi) is 12.1. The number of carbonyl (C=O) groups is 2. The van der Waals surface area contributed by atoms with Crippen LogP contribution < -0.4 is 14.8 Å². The van der Waals surface area contributed by atoms with Crippen molar-refractivity contribution >= 4 is 11.7 Å². The maximum absolute atomic E-state index is 12.6. The van der Waals surface area contributed by atoms with E-state index in [4.69, 9.17) is 13.9 Å². The lowest BCUT2D eigenvalue weighted by atomic mass is 9.62. The van der Waals surface area contributed by atoms with Gasteiger partial charge in [0.1, 0.15) is 23.1 Å². The summed E-state index contributed by atoms with van der Waals surface area (Å²) < 4.78 is 65.1. The Bertz CT molecular complexity index is 2070. The fourth-order valence-electron chi connectivity index (χ4n) is 6.79. The highest BCUT2D eigenvalue weighted by Crippen LogP contribution is 2.47. The van der Waals surface area contributed by atoms with Crippen LogP contribution in [-0.4, -0.2) is 69.0 Å². The van der Waals surface area contributed by atoms with Gasteiger partial charge in [0.05, 0.1) is 31.9 Å². The second-order valence-corrected chi connectivity index (χ2v) is 13.5. The van der Waals surface area contributed by atoms with E-state index in [2.05, 4.69) is 48.3 Å². The summed E-state index contributed by atoms with van der Waals surface area (Å²) in [6, 6.07) is 16.1. The Hall–Kier alpha value is -5.80. The van der Waals surface area contributed by atoms with E-state index in [-0.39, 0.29) is 22.3 Å². The lowest BCUT2D eigenvalue weighted by Gasteiger charge is -2.42. The summed E-state index contributed by atoms with van der Waals surface area (Å²) in [7, 11) is 3.29. The van der Waals surface area contributed by atoms with Gasteiger partial charge in [0.15, 0.2) is 5.78 Å². The lowest BCUT2D eigenvalue weighted by molar-refractivity contribution is -0.131. The number of nitrogens with zero attached hydrogens (tertiary/aromatic N) is 6. The van der Waals surface area contributed by atoms with Gasteiger partial charge in [-0.3, -0.25) is 9.59 Å². The minimum Gasteiger partial charge on any atom is -0.497 e. The van der Waals surface area contributed by atoms with Gasteiger partial charge in [0.25, 0.3) is 17.7 Å². The summed E-state index contributed by atoms with van der Waals surface area (Å²) in [5.74, 6) is 0.217. The highest BCUT2D eigenvalue weighted by atomic mass is 19.3. The number of hydrogen-bond donors (Lipinski definition) is 1. The molecule has 2 saturated carbocycles. The van der Waals surface area contributed by atoms with Gasteiger partial charge in [-0.05, 0) is 61.1 Å². The van der Waals surface area contributed by atoms with E-state index in [1.165, 1.54) is 35.9 Å². The number of methoxy groups -OCH3 is 2. The summed E-state index contributed by atoms with van der Waals surface area (Å²) in [6.45, 7) is -0.514. The van der Waals surface area contributed by atoms with E-state index >= 15 is 0 Å². The molecular formula is C39H39F4N7O5. The van der Waals surface area contributed by atoms with Gasteiger partial charge in [-0.15, -0.1) is 10.2 Å². The molecule has 5 aromatic rings. The van der Waals surface area contributed by atoms with Gasteiger partial charge in [0, 0.05) is 48.5 Å². The molecule has 1 amide bonds. The Morgan fingerprint density at radius 3 is 1.69 bits per heavy atom. The average Bonchev–Trinajstić information content (AvgIpc) is 3.68. The number of aromatic nitrogens is 6. The molecule has 55 heavy (non-hydrogen) atoms. The number of Topliss-reactive ketones (excluding diaryl/α,β-unsaturated/α-hetero) is 1. The summed E-state index contributed by atoms with van der Waals surface area (Å²) in [5.41, 5.74) is 2.94. The third-order valence-electron chi connectivity index (χ3n) is 10.2. The molecule has 0 spiro atoms. The van der Waals surface area contributed by atoms with Crippen molar-refractivity contribution in [3.63, 3.8) is 0 Å². The average molecular weight is 762 g/mol. The van der Waals surface area contributed by atoms with Crippen molar-refractivity contribution in [3.8, 4) is 23.0 Å². The number of hydrogen-bond acceptors (Lipinski definition) is 11. The largest absolute Gasteiger partial charge is 0.497 e. The van der Waals surface area contributed by atoms with Gasteiger partial charge < -0.3 is 19.2 Å². The molecule has 2 aromatic carbocycles. The van der Waals surface area contributed by atoms with Crippen molar-refractivity contribution in [3.05, 3.63) is 108 Å². The summed E-state index contributed by atoms with van der Waals surface area (Å²) in [4.78, 5) is 40.1. The third-order valence-corrected chi connectivity index (χ3v) is 10.2.